The van der Waals surface area contributed by atoms with Gasteiger partial charge in [0.1, 0.15) is 10.7 Å². The number of aromatic nitrogens is 1. The second-order valence-corrected chi connectivity index (χ2v) is 6.17. The SMILES string of the molecule is CCN(C)c1nc(N)c(C(=O)NCC2CN(C)CCO2)s1. The number of carbonyl (C=O) groups excluding carboxylic acids is 1. The van der Waals surface area contributed by atoms with Gasteiger partial charge in [0.2, 0.25) is 0 Å². The Kier molecular flexibility index (Phi) is 5.38. The van der Waals surface area contributed by atoms with Gasteiger partial charge in [0.05, 0.1) is 12.7 Å². The van der Waals surface area contributed by atoms with Gasteiger partial charge in [-0.1, -0.05) is 11.3 Å². The van der Waals surface area contributed by atoms with E-state index in [1.54, 1.807) is 0 Å². The van der Waals surface area contributed by atoms with Crippen LogP contribution in [-0.4, -0.2) is 68.8 Å². The standard InChI is InChI=1S/C13H23N5O2S/c1-4-18(3)13-16-11(14)10(21-13)12(19)15-7-9-8-17(2)5-6-20-9/h9H,4-8,14H2,1-3H3,(H,15,19). The Labute approximate surface area is 129 Å². The summed E-state index contributed by atoms with van der Waals surface area (Å²) in [4.78, 5) is 21.0. The zero-order chi connectivity index (χ0) is 15.4. The molecule has 1 aromatic heterocycles. The number of hydrogen-bond acceptors (Lipinski definition) is 7. The highest BCUT2D eigenvalue weighted by atomic mass is 32.1. The predicted octanol–water partition coefficient (Wildman–Crippen LogP) is 0.242. The molecule has 0 bridgehead atoms. The van der Waals surface area contributed by atoms with E-state index in [9.17, 15) is 4.79 Å². The molecule has 1 amide bonds. The van der Waals surface area contributed by atoms with Crippen molar-refractivity contribution in [2.24, 2.45) is 0 Å². The first kappa shape index (κ1) is 16.0. The highest BCUT2D eigenvalue weighted by Crippen LogP contribution is 2.27. The van der Waals surface area contributed by atoms with Crippen molar-refractivity contribution < 1.29 is 9.53 Å². The molecule has 0 saturated carbocycles. The van der Waals surface area contributed by atoms with E-state index in [0.717, 1.165) is 24.8 Å². The van der Waals surface area contributed by atoms with Crippen LogP contribution >= 0.6 is 11.3 Å². The van der Waals surface area contributed by atoms with Crippen LogP contribution in [-0.2, 0) is 4.74 Å². The van der Waals surface area contributed by atoms with Crippen molar-refractivity contribution in [3.63, 3.8) is 0 Å². The third-order valence-electron chi connectivity index (χ3n) is 3.48. The van der Waals surface area contributed by atoms with Gasteiger partial charge in [-0.05, 0) is 14.0 Å². The molecular weight excluding hydrogens is 290 g/mol. The van der Waals surface area contributed by atoms with Crippen LogP contribution in [0.2, 0.25) is 0 Å². The Balaban J connectivity index is 1.92. The second-order valence-electron chi connectivity index (χ2n) is 5.19. The normalized spacial score (nSPS) is 19.5. The molecule has 3 N–H and O–H groups in total. The number of nitrogens with two attached hydrogens (primary N) is 1. The number of nitrogens with zero attached hydrogens (tertiary/aromatic N) is 3. The summed E-state index contributed by atoms with van der Waals surface area (Å²) in [6.45, 7) is 5.77. The number of ether oxygens (including phenoxy) is 1. The quantitative estimate of drug-likeness (QED) is 0.810. The Morgan fingerprint density at radius 2 is 2.43 bits per heavy atom. The van der Waals surface area contributed by atoms with Crippen LogP contribution in [0.25, 0.3) is 0 Å². The number of anilines is 2. The molecule has 1 saturated heterocycles. The molecule has 1 aliphatic heterocycles. The second kappa shape index (κ2) is 7.06. The van der Waals surface area contributed by atoms with Gasteiger partial charge in [-0.25, -0.2) is 4.98 Å². The lowest BCUT2D eigenvalue weighted by molar-refractivity contribution is -0.0174. The Morgan fingerprint density at radius 1 is 1.67 bits per heavy atom. The van der Waals surface area contributed by atoms with Crippen LogP contribution in [0.15, 0.2) is 0 Å². The molecular formula is C13H23N5O2S. The minimum atomic E-state index is -0.183. The molecule has 1 aromatic rings. The highest BCUT2D eigenvalue weighted by molar-refractivity contribution is 7.18. The molecule has 21 heavy (non-hydrogen) atoms. The number of nitrogens with one attached hydrogen (secondary N) is 1. The molecule has 0 radical (unpaired) electrons. The summed E-state index contributed by atoms with van der Waals surface area (Å²) >= 11 is 1.31. The fourth-order valence-electron chi connectivity index (χ4n) is 2.06. The van der Waals surface area contributed by atoms with Crippen molar-refractivity contribution in [2.45, 2.75) is 13.0 Å². The topological polar surface area (TPSA) is 83.7 Å². The predicted molar refractivity (Wildman–Crippen MR) is 85.0 cm³/mol. The van der Waals surface area contributed by atoms with Gasteiger partial charge < -0.3 is 25.6 Å². The summed E-state index contributed by atoms with van der Waals surface area (Å²) in [5.41, 5.74) is 5.84. The number of hydrogen-bond donors (Lipinski definition) is 2. The molecule has 118 valence electrons. The number of amides is 1. The van der Waals surface area contributed by atoms with Gasteiger partial charge in [-0.2, -0.15) is 0 Å². The number of thiazole rings is 1. The van der Waals surface area contributed by atoms with Gasteiger partial charge in [0.15, 0.2) is 5.13 Å². The summed E-state index contributed by atoms with van der Waals surface area (Å²) < 4.78 is 5.62. The average molecular weight is 313 g/mol. The minimum Gasteiger partial charge on any atom is -0.382 e. The third-order valence-corrected chi connectivity index (χ3v) is 4.67. The van der Waals surface area contributed by atoms with Crippen molar-refractivity contribution in [1.82, 2.24) is 15.2 Å². The lowest BCUT2D eigenvalue weighted by Crippen LogP contribution is -2.45. The van der Waals surface area contributed by atoms with Crippen LogP contribution in [0, 0.1) is 0 Å². The Bertz CT molecular complexity index is 493. The van der Waals surface area contributed by atoms with Crippen LogP contribution in [0.5, 0.6) is 0 Å². The molecule has 1 aliphatic rings. The first-order valence-electron chi connectivity index (χ1n) is 7.07. The van der Waals surface area contributed by atoms with E-state index in [0.29, 0.717) is 18.0 Å². The molecule has 0 spiro atoms. The molecule has 7 nitrogen and oxygen atoms in total. The van der Waals surface area contributed by atoms with E-state index in [1.807, 2.05) is 25.9 Å². The van der Waals surface area contributed by atoms with Gasteiger partial charge in [0.25, 0.3) is 5.91 Å². The smallest absolute Gasteiger partial charge is 0.265 e. The summed E-state index contributed by atoms with van der Waals surface area (Å²) in [5, 5.41) is 3.64. The van der Waals surface area contributed by atoms with E-state index < -0.39 is 0 Å². The molecule has 1 atom stereocenters. The van der Waals surface area contributed by atoms with Gasteiger partial charge >= 0.3 is 0 Å². The van der Waals surface area contributed by atoms with E-state index in [1.165, 1.54) is 11.3 Å². The Morgan fingerprint density at radius 3 is 3.10 bits per heavy atom. The van der Waals surface area contributed by atoms with Gasteiger partial charge in [0, 0.05) is 33.2 Å². The summed E-state index contributed by atoms with van der Waals surface area (Å²) in [6, 6.07) is 0. The maximum absolute atomic E-state index is 12.2. The molecule has 2 heterocycles. The average Bonchev–Trinajstić information content (AvgIpc) is 2.86. The van der Waals surface area contributed by atoms with Crippen molar-refractivity contribution >= 4 is 28.2 Å². The summed E-state index contributed by atoms with van der Waals surface area (Å²) in [5.74, 6) is 0.104. The van der Waals surface area contributed by atoms with E-state index in [2.05, 4.69) is 15.2 Å². The number of nitrogen functional groups attached to an aromatic ring is 1. The zero-order valence-electron chi connectivity index (χ0n) is 12.8. The number of carbonyl (C=O) groups is 1. The first-order chi connectivity index (χ1) is 10.0. The molecule has 2 rings (SSSR count). The zero-order valence-corrected chi connectivity index (χ0v) is 13.6. The van der Waals surface area contributed by atoms with E-state index >= 15 is 0 Å². The number of morpholine rings is 1. The van der Waals surface area contributed by atoms with Crippen LogP contribution in [0.4, 0.5) is 10.9 Å². The number of likely N-dealkylation sites (N-methyl/N-ethyl adjacent to an activating group) is 1. The van der Waals surface area contributed by atoms with Gasteiger partial charge in [-0.3, -0.25) is 4.79 Å². The van der Waals surface area contributed by atoms with Gasteiger partial charge in [-0.15, -0.1) is 0 Å². The highest BCUT2D eigenvalue weighted by Gasteiger charge is 2.21. The molecule has 1 fully saturated rings. The van der Waals surface area contributed by atoms with Crippen molar-refractivity contribution in [3.8, 4) is 0 Å². The first-order valence-corrected chi connectivity index (χ1v) is 7.88. The third kappa shape index (κ3) is 4.05. The molecule has 0 aromatic carbocycles. The molecule has 0 aliphatic carbocycles. The van der Waals surface area contributed by atoms with Crippen molar-refractivity contribution in [3.05, 3.63) is 4.88 Å². The van der Waals surface area contributed by atoms with Crippen molar-refractivity contribution in [1.29, 1.82) is 0 Å². The van der Waals surface area contributed by atoms with Crippen LogP contribution in [0.1, 0.15) is 16.6 Å². The lowest BCUT2D eigenvalue weighted by atomic mass is 10.3. The monoisotopic (exact) mass is 313 g/mol. The van der Waals surface area contributed by atoms with Crippen LogP contribution < -0.4 is 16.0 Å². The molecule has 8 heteroatoms. The maximum atomic E-state index is 12.2. The summed E-state index contributed by atoms with van der Waals surface area (Å²) in [6.07, 6.45) is 0.0274. The van der Waals surface area contributed by atoms with Crippen LogP contribution in [0.3, 0.4) is 0 Å². The maximum Gasteiger partial charge on any atom is 0.265 e. The molecule has 1 unspecified atom stereocenters. The summed E-state index contributed by atoms with van der Waals surface area (Å²) in [7, 11) is 3.97. The van der Waals surface area contributed by atoms with E-state index in [4.69, 9.17) is 10.5 Å². The van der Waals surface area contributed by atoms with Crippen molar-refractivity contribution in [2.75, 3.05) is 57.5 Å². The Hall–Kier alpha value is -1.38. The fraction of sp³-hybridized carbons (Fsp3) is 0.692. The minimum absolute atomic E-state index is 0.0274. The van der Waals surface area contributed by atoms with E-state index in [-0.39, 0.29) is 17.8 Å². The lowest BCUT2D eigenvalue weighted by Gasteiger charge is -2.30. The largest absolute Gasteiger partial charge is 0.382 e. The fourth-order valence-corrected chi connectivity index (χ4v) is 2.99. The number of rotatable bonds is 5.